The fraction of sp³-hybridized carbons (Fsp3) is 0. The van der Waals surface area contributed by atoms with Crippen LogP contribution >= 0.6 is 0 Å². The van der Waals surface area contributed by atoms with Gasteiger partial charge in [-0.3, -0.25) is 0 Å². The predicted octanol–water partition coefficient (Wildman–Crippen LogP) is 13.4. The highest BCUT2D eigenvalue weighted by atomic mass is 16.3. The SMILES string of the molecule is c1ccc(-c2ccccc2-c2ccc(N(c3ccc4oc5ccccc5c4c3)c3cccc4cc5oc6ccccc6c5cc34)cc2)cc1. The van der Waals surface area contributed by atoms with E-state index in [1.165, 1.54) is 22.3 Å². The summed E-state index contributed by atoms with van der Waals surface area (Å²) in [6.07, 6.45) is 0. The molecule has 10 rings (SSSR count). The third kappa shape index (κ3) is 4.51. The van der Waals surface area contributed by atoms with Crippen LogP contribution in [0.1, 0.15) is 0 Å². The van der Waals surface area contributed by atoms with Gasteiger partial charge in [0.25, 0.3) is 0 Å². The van der Waals surface area contributed by atoms with Crippen molar-refractivity contribution in [3.8, 4) is 22.3 Å². The molecule has 0 fully saturated rings. The van der Waals surface area contributed by atoms with Gasteiger partial charge in [-0.15, -0.1) is 0 Å². The highest BCUT2D eigenvalue weighted by molar-refractivity contribution is 6.13. The van der Waals surface area contributed by atoms with Gasteiger partial charge in [0, 0.05) is 38.3 Å². The van der Waals surface area contributed by atoms with Crippen LogP contribution in [0, 0.1) is 0 Å². The van der Waals surface area contributed by atoms with E-state index in [1.807, 2.05) is 24.3 Å². The molecule has 0 saturated carbocycles. The molecule has 0 bridgehead atoms. The van der Waals surface area contributed by atoms with Crippen LogP contribution in [0.3, 0.4) is 0 Å². The van der Waals surface area contributed by atoms with E-state index in [0.29, 0.717) is 0 Å². The molecule has 0 spiro atoms. The summed E-state index contributed by atoms with van der Waals surface area (Å²) in [5, 5.41) is 6.70. The van der Waals surface area contributed by atoms with E-state index in [-0.39, 0.29) is 0 Å². The van der Waals surface area contributed by atoms with Gasteiger partial charge in [-0.25, -0.2) is 0 Å². The Morgan fingerprint density at radius 2 is 0.898 bits per heavy atom. The summed E-state index contributed by atoms with van der Waals surface area (Å²) in [6, 6.07) is 62.2. The van der Waals surface area contributed by atoms with E-state index < -0.39 is 0 Å². The van der Waals surface area contributed by atoms with Gasteiger partial charge in [-0.1, -0.05) is 115 Å². The first-order valence-electron chi connectivity index (χ1n) is 16.6. The Bertz CT molecular complexity index is 2830. The highest BCUT2D eigenvalue weighted by Crippen LogP contribution is 2.44. The van der Waals surface area contributed by atoms with Crippen LogP contribution in [0.25, 0.3) is 76.9 Å². The monoisotopic (exact) mass is 627 g/mol. The van der Waals surface area contributed by atoms with Crippen LogP contribution in [-0.4, -0.2) is 0 Å². The molecule has 0 radical (unpaired) electrons. The number of para-hydroxylation sites is 2. The Labute approximate surface area is 282 Å². The zero-order chi connectivity index (χ0) is 32.3. The summed E-state index contributed by atoms with van der Waals surface area (Å²) >= 11 is 0. The largest absolute Gasteiger partial charge is 0.456 e. The maximum Gasteiger partial charge on any atom is 0.136 e. The lowest BCUT2D eigenvalue weighted by Gasteiger charge is -2.27. The van der Waals surface area contributed by atoms with Gasteiger partial charge >= 0.3 is 0 Å². The van der Waals surface area contributed by atoms with Crippen molar-refractivity contribution in [2.45, 2.75) is 0 Å². The minimum Gasteiger partial charge on any atom is -0.456 e. The second-order valence-electron chi connectivity index (χ2n) is 12.5. The smallest absolute Gasteiger partial charge is 0.136 e. The molecule has 0 aliphatic rings. The number of furan rings is 2. The molecule has 230 valence electrons. The molecule has 0 aliphatic carbocycles. The van der Waals surface area contributed by atoms with Crippen LogP contribution in [-0.2, 0) is 0 Å². The molecular weight excluding hydrogens is 599 g/mol. The molecule has 0 atom stereocenters. The van der Waals surface area contributed by atoms with Gasteiger partial charge in [-0.2, -0.15) is 0 Å². The van der Waals surface area contributed by atoms with Crippen LogP contribution in [0.5, 0.6) is 0 Å². The summed E-state index contributed by atoms with van der Waals surface area (Å²) in [4.78, 5) is 2.37. The van der Waals surface area contributed by atoms with Gasteiger partial charge in [-0.05, 0) is 88.3 Å². The van der Waals surface area contributed by atoms with Crippen molar-refractivity contribution in [2.24, 2.45) is 0 Å². The number of hydrogen-bond donors (Lipinski definition) is 0. The highest BCUT2D eigenvalue weighted by Gasteiger charge is 2.19. The number of fused-ring (bicyclic) bond motifs is 7. The van der Waals surface area contributed by atoms with Crippen molar-refractivity contribution in [2.75, 3.05) is 4.90 Å². The fourth-order valence-corrected chi connectivity index (χ4v) is 7.35. The Morgan fingerprint density at radius 1 is 0.327 bits per heavy atom. The molecule has 0 aliphatic heterocycles. The standard InChI is InChI=1S/C46H29NO2/c1-2-11-30(12-3-1)35-14-4-5-15-36(35)31-21-23-33(24-22-31)47(34-25-26-45-40(28-34)37-16-6-8-19-43(37)48-45)42-18-10-13-32-27-46-41(29-39(32)42)38-17-7-9-20-44(38)49-46/h1-29H. The fourth-order valence-electron chi connectivity index (χ4n) is 7.35. The lowest BCUT2D eigenvalue weighted by atomic mass is 9.94. The number of hydrogen-bond acceptors (Lipinski definition) is 3. The Kier molecular flexibility index (Phi) is 6.18. The molecule has 10 aromatic rings. The second-order valence-corrected chi connectivity index (χ2v) is 12.5. The summed E-state index contributed by atoms with van der Waals surface area (Å²) in [7, 11) is 0. The van der Waals surface area contributed by atoms with E-state index in [0.717, 1.165) is 71.7 Å². The Balaban J connectivity index is 1.18. The summed E-state index contributed by atoms with van der Waals surface area (Å²) in [5.41, 5.74) is 11.6. The third-order valence-corrected chi connectivity index (χ3v) is 9.66. The van der Waals surface area contributed by atoms with E-state index >= 15 is 0 Å². The predicted molar refractivity (Wildman–Crippen MR) is 204 cm³/mol. The van der Waals surface area contributed by atoms with Crippen molar-refractivity contribution in [1.29, 1.82) is 0 Å². The summed E-state index contributed by atoms with van der Waals surface area (Å²) in [5.74, 6) is 0. The van der Waals surface area contributed by atoms with Crippen LogP contribution in [0.4, 0.5) is 17.1 Å². The Morgan fingerprint density at radius 3 is 1.63 bits per heavy atom. The molecule has 0 saturated heterocycles. The summed E-state index contributed by atoms with van der Waals surface area (Å²) < 4.78 is 12.5. The summed E-state index contributed by atoms with van der Waals surface area (Å²) in [6.45, 7) is 0. The normalized spacial score (nSPS) is 11.7. The average molecular weight is 628 g/mol. The molecule has 0 amide bonds. The van der Waals surface area contributed by atoms with Crippen LogP contribution in [0.2, 0.25) is 0 Å². The van der Waals surface area contributed by atoms with Gasteiger partial charge in [0.15, 0.2) is 0 Å². The van der Waals surface area contributed by atoms with Gasteiger partial charge in [0.1, 0.15) is 22.3 Å². The maximum absolute atomic E-state index is 6.28. The molecule has 0 unspecified atom stereocenters. The van der Waals surface area contributed by atoms with Crippen molar-refractivity contribution in [1.82, 2.24) is 0 Å². The molecule has 8 aromatic carbocycles. The number of rotatable bonds is 5. The molecular formula is C46H29NO2. The van der Waals surface area contributed by atoms with Crippen LogP contribution < -0.4 is 4.90 Å². The first kappa shape index (κ1) is 27.5. The topological polar surface area (TPSA) is 29.5 Å². The number of anilines is 3. The van der Waals surface area contributed by atoms with Gasteiger partial charge in [0.2, 0.25) is 0 Å². The second kappa shape index (κ2) is 11.0. The van der Waals surface area contributed by atoms with Gasteiger partial charge in [0.05, 0.1) is 5.69 Å². The molecule has 3 nitrogen and oxygen atoms in total. The molecule has 2 aromatic heterocycles. The van der Waals surface area contributed by atoms with Crippen molar-refractivity contribution in [3.05, 3.63) is 176 Å². The van der Waals surface area contributed by atoms with Crippen molar-refractivity contribution >= 4 is 71.7 Å². The molecule has 3 heteroatoms. The van der Waals surface area contributed by atoms with Gasteiger partial charge < -0.3 is 13.7 Å². The van der Waals surface area contributed by atoms with Crippen molar-refractivity contribution in [3.63, 3.8) is 0 Å². The van der Waals surface area contributed by atoms with Crippen molar-refractivity contribution < 1.29 is 8.83 Å². The molecule has 2 heterocycles. The first-order chi connectivity index (χ1) is 24.3. The Hall–Kier alpha value is -6.58. The number of nitrogens with zero attached hydrogens (tertiary/aromatic N) is 1. The number of benzene rings is 8. The van der Waals surface area contributed by atoms with Crippen LogP contribution in [0.15, 0.2) is 185 Å². The zero-order valence-corrected chi connectivity index (χ0v) is 26.5. The zero-order valence-electron chi connectivity index (χ0n) is 26.5. The minimum atomic E-state index is 0.877. The third-order valence-electron chi connectivity index (χ3n) is 9.66. The first-order valence-corrected chi connectivity index (χ1v) is 16.6. The lowest BCUT2D eigenvalue weighted by molar-refractivity contribution is 0.668. The minimum absolute atomic E-state index is 0.877. The molecule has 49 heavy (non-hydrogen) atoms. The quantitative estimate of drug-likeness (QED) is 0.190. The average Bonchev–Trinajstić information content (AvgIpc) is 3.72. The maximum atomic E-state index is 6.28. The lowest BCUT2D eigenvalue weighted by Crippen LogP contribution is -2.10. The van der Waals surface area contributed by atoms with E-state index in [9.17, 15) is 0 Å². The van der Waals surface area contributed by atoms with E-state index in [1.54, 1.807) is 0 Å². The molecule has 0 N–H and O–H groups in total. The van der Waals surface area contributed by atoms with E-state index in [2.05, 4.69) is 157 Å². The van der Waals surface area contributed by atoms with E-state index in [4.69, 9.17) is 8.83 Å².